The van der Waals surface area contributed by atoms with E-state index in [1.54, 1.807) is 67.6 Å². The molecule has 1 heterocycles. The van der Waals surface area contributed by atoms with Gasteiger partial charge in [0.25, 0.3) is 0 Å². The number of aromatic nitrogens is 1. The van der Waals surface area contributed by atoms with E-state index in [-0.39, 0.29) is 22.4 Å². The van der Waals surface area contributed by atoms with E-state index in [4.69, 9.17) is 0 Å². The highest BCUT2D eigenvalue weighted by Crippen LogP contribution is 2.39. The maximum atomic E-state index is 14.2. The highest BCUT2D eigenvalue weighted by molar-refractivity contribution is 5.98. The van der Waals surface area contributed by atoms with E-state index < -0.39 is 35.7 Å². The molecule has 0 aliphatic rings. The van der Waals surface area contributed by atoms with Crippen molar-refractivity contribution in [1.82, 2.24) is 9.88 Å². The largest absolute Gasteiger partial charge is 0.465 e. The molecular formula is C30H26F3N3O4. The number of halogens is 3. The number of carbonyl (C=O) groups is 2. The molecule has 3 aromatic carbocycles. The van der Waals surface area contributed by atoms with Crippen LogP contribution >= 0.6 is 0 Å². The monoisotopic (exact) mass is 549 g/mol. The number of rotatable bonds is 7. The number of pyridine rings is 1. The lowest BCUT2D eigenvalue weighted by atomic mass is 9.84. The van der Waals surface area contributed by atoms with Gasteiger partial charge in [0.15, 0.2) is 0 Å². The van der Waals surface area contributed by atoms with Gasteiger partial charge in [0.05, 0.1) is 5.56 Å². The predicted molar refractivity (Wildman–Crippen MR) is 145 cm³/mol. The average molecular weight is 550 g/mol. The number of nitrogens with zero attached hydrogens (tertiary/aromatic N) is 1. The van der Waals surface area contributed by atoms with Crippen LogP contribution in [0.2, 0.25) is 0 Å². The number of hydrogen-bond acceptors (Lipinski definition) is 3. The zero-order chi connectivity index (χ0) is 29.0. The van der Waals surface area contributed by atoms with Crippen LogP contribution in [0.1, 0.15) is 28.3 Å². The van der Waals surface area contributed by atoms with E-state index >= 15 is 0 Å². The second kappa shape index (κ2) is 11.5. The fourth-order valence-electron chi connectivity index (χ4n) is 4.66. The van der Waals surface area contributed by atoms with Crippen LogP contribution in [0.5, 0.6) is 0 Å². The van der Waals surface area contributed by atoms with Gasteiger partial charge >= 0.3 is 12.3 Å². The molecule has 0 saturated heterocycles. The third-order valence-corrected chi connectivity index (χ3v) is 6.71. The lowest BCUT2D eigenvalue weighted by molar-refractivity contribution is -0.137. The first kappa shape index (κ1) is 28.2. The molecule has 0 bridgehead atoms. The second-order valence-corrected chi connectivity index (χ2v) is 9.20. The number of nitrogens with one attached hydrogen (secondary N) is 2. The summed E-state index contributed by atoms with van der Waals surface area (Å²) in [4.78, 5) is 37.2. The Kier molecular flexibility index (Phi) is 8.08. The van der Waals surface area contributed by atoms with Gasteiger partial charge in [-0.3, -0.25) is 9.59 Å². The molecule has 10 heteroatoms. The molecule has 1 aromatic heterocycles. The summed E-state index contributed by atoms with van der Waals surface area (Å²) in [7, 11) is 1.47. The Morgan fingerprint density at radius 2 is 1.40 bits per heavy atom. The van der Waals surface area contributed by atoms with Crippen molar-refractivity contribution in [1.29, 1.82) is 0 Å². The van der Waals surface area contributed by atoms with Crippen molar-refractivity contribution >= 4 is 17.7 Å². The fourth-order valence-corrected chi connectivity index (χ4v) is 4.66. The fraction of sp³-hybridized carbons (Fsp3) is 0.167. The molecule has 1 unspecified atom stereocenters. The van der Waals surface area contributed by atoms with Crippen LogP contribution in [0.15, 0.2) is 95.8 Å². The molecule has 0 spiro atoms. The number of carboxylic acid groups (broad SMARTS) is 1. The third-order valence-electron chi connectivity index (χ3n) is 6.71. The van der Waals surface area contributed by atoms with Crippen molar-refractivity contribution in [3.05, 3.63) is 124 Å². The second-order valence-electron chi connectivity index (χ2n) is 9.20. The van der Waals surface area contributed by atoms with Gasteiger partial charge in [-0.15, -0.1) is 0 Å². The summed E-state index contributed by atoms with van der Waals surface area (Å²) in [6.45, 7) is 1.54. The van der Waals surface area contributed by atoms with Crippen molar-refractivity contribution in [2.75, 3.05) is 5.32 Å². The molecule has 2 amide bonds. The van der Waals surface area contributed by atoms with Gasteiger partial charge in [-0.2, -0.15) is 13.2 Å². The molecule has 0 fully saturated rings. The Labute approximate surface area is 227 Å². The highest BCUT2D eigenvalue weighted by Gasteiger charge is 2.36. The minimum absolute atomic E-state index is 0.162. The van der Waals surface area contributed by atoms with Crippen LogP contribution in [-0.4, -0.2) is 27.7 Å². The standard InChI is InChI=1S/C30H26F3N3O4/c1-18-22(15-16-25(37)36(18)2)23-14-13-21(17-24(23)30(31,32)33)34-28(38)27(35-29(39)40)26(19-9-5-3-6-10-19)20-11-7-4-8-12-20/h3-17,26-27,35H,1-2H3,(H,34,38)(H,39,40). The summed E-state index contributed by atoms with van der Waals surface area (Å²) < 4.78 is 43.8. The molecule has 7 nitrogen and oxygen atoms in total. The zero-order valence-electron chi connectivity index (χ0n) is 21.6. The molecule has 1 atom stereocenters. The Hall–Kier alpha value is -4.86. The molecule has 0 aliphatic carbocycles. The van der Waals surface area contributed by atoms with Gasteiger partial charge in [0, 0.05) is 36.0 Å². The van der Waals surface area contributed by atoms with Crippen molar-refractivity contribution in [3.8, 4) is 11.1 Å². The SMILES string of the molecule is Cc1c(-c2ccc(NC(=O)C(NC(=O)O)C(c3ccccc3)c3ccccc3)cc2C(F)(F)F)ccc(=O)n1C. The molecule has 0 aliphatic heterocycles. The number of alkyl halides is 3. The molecule has 40 heavy (non-hydrogen) atoms. The first-order chi connectivity index (χ1) is 19.0. The lowest BCUT2D eigenvalue weighted by Gasteiger charge is -2.27. The van der Waals surface area contributed by atoms with Gasteiger partial charge in [-0.25, -0.2) is 4.79 Å². The van der Waals surface area contributed by atoms with Crippen molar-refractivity contribution in [3.63, 3.8) is 0 Å². The van der Waals surface area contributed by atoms with Crippen LogP contribution in [0, 0.1) is 6.92 Å². The Bertz CT molecular complexity index is 1550. The molecule has 4 aromatic rings. The normalized spacial score (nSPS) is 12.2. The lowest BCUT2D eigenvalue weighted by Crippen LogP contribution is -2.47. The van der Waals surface area contributed by atoms with E-state index in [1.807, 2.05) is 0 Å². The van der Waals surface area contributed by atoms with Gasteiger partial charge in [-0.05, 0) is 41.8 Å². The molecule has 206 valence electrons. The van der Waals surface area contributed by atoms with Crippen LogP contribution in [0.4, 0.5) is 23.7 Å². The number of benzene rings is 3. The van der Waals surface area contributed by atoms with Gasteiger partial charge in [-0.1, -0.05) is 66.7 Å². The quantitative estimate of drug-likeness (QED) is 0.272. The molecule has 0 saturated carbocycles. The van der Waals surface area contributed by atoms with Gasteiger partial charge in [0.1, 0.15) is 6.04 Å². The van der Waals surface area contributed by atoms with E-state index in [2.05, 4.69) is 10.6 Å². The number of hydrogen-bond donors (Lipinski definition) is 3. The Morgan fingerprint density at radius 1 is 0.850 bits per heavy atom. The predicted octanol–water partition coefficient (Wildman–Crippen LogP) is 5.79. The molecule has 0 radical (unpaired) electrons. The first-order valence-corrected chi connectivity index (χ1v) is 12.3. The number of anilines is 1. The van der Waals surface area contributed by atoms with E-state index in [0.717, 1.165) is 6.07 Å². The summed E-state index contributed by atoms with van der Waals surface area (Å²) in [5, 5.41) is 14.3. The molecule has 4 rings (SSSR count). The third kappa shape index (κ3) is 6.06. The highest BCUT2D eigenvalue weighted by atomic mass is 19.4. The van der Waals surface area contributed by atoms with Crippen molar-refractivity contribution in [2.45, 2.75) is 25.1 Å². The molecular weight excluding hydrogens is 523 g/mol. The van der Waals surface area contributed by atoms with Crippen molar-refractivity contribution < 1.29 is 27.9 Å². The minimum Gasteiger partial charge on any atom is -0.465 e. The number of amides is 2. The summed E-state index contributed by atoms with van der Waals surface area (Å²) in [6.07, 6.45) is -6.25. The summed E-state index contributed by atoms with van der Waals surface area (Å²) in [5.41, 5.74) is 0.128. The zero-order valence-corrected chi connectivity index (χ0v) is 21.6. The van der Waals surface area contributed by atoms with E-state index in [1.165, 1.54) is 35.9 Å². The van der Waals surface area contributed by atoms with Gasteiger partial charge < -0.3 is 20.3 Å². The Morgan fingerprint density at radius 3 is 1.93 bits per heavy atom. The van der Waals surface area contributed by atoms with E-state index in [0.29, 0.717) is 16.8 Å². The van der Waals surface area contributed by atoms with Crippen LogP contribution in [0.3, 0.4) is 0 Å². The minimum atomic E-state index is -4.79. The summed E-state index contributed by atoms with van der Waals surface area (Å²) in [5.74, 6) is -1.60. The van der Waals surface area contributed by atoms with E-state index in [9.17, 15) is 32.7 Å². The maximum Gasteiger partial charge on any atom is 0.417 e. The van der Waals surface area contributed by atoms with Crippen molar-refractivity contribution in [2.24, 2.45) is 7.05 Å². The summed E-state index contributed by atoms with van der Waals surface area (Å²) in [6, 6.07) is 22.0. The van der Waals surface area contributed by atoms with Crippen LogP contribution < -0.4 is 16.2 Å². The Balaban J connectivity index is 1.76. The summed E-state index contributed by atoms with van der Waals surface area (Å²) >= 11 is 0. The first-order valence-electron chi connectivity index (χ1n) is 12.3. The smallest absolute Gasteiger partial charge is 0.417 e. The van der Waals surface area contributed by atoms with Crippen LogP contribution in [0.25, 0.3) is 11.1 Å². The number of carbonyl (C=O) groups excluding carboxylic acids is 1. The van der Waals surface area contributed by atoms with Crippen LogP contribution in [-0.2, 0) is 18.0 Å². The average Bonchev–Trinajstić information content (AvgIpc) is 2.92. The van der Waals surface area contributed by atoms with Gasteiger partial charge in [0.2, 0.25) is 11.5 Å². The topological polar surface area (TPSA) is 100 Å². The maximum absolute atomic E-state index is 14.2. The molecule has 3 N–H and O–H groups in total.